The van der Waals surface area contributed by atoms with Crippen LogP contribution < -0.4 is 0 Å². The number of carbonyl (C=O) groups is 1. The Kier molecular flexibility index (Phi) is 3.22. The second-order valence-corrected chi connectivity index (χ2v) is 5.58. The van der Waals surface area contributed by atoms with Crippen LogP contribution in [0.2, 0.25) is 0 Å². The van der Waals surface area contributed by atoms with Gasteiger partial charge in [0, 0.05) is 31.4 Å². The fraction of sp³-hybridized carbons (Fsp3) is 0.643. The van der Waals surface area contributed by atoms with E-state index >= 15 is 0 Å². The van der Waals surface area contributed by atoms with E-state index in [1.54, 1.807) is 0 Å². The summed E-state index contributed by atoms with van der Waals surface area (Å²) in [5, 5.41) is 0. The Bertz CT molecular complexity index is 415. The first-order valence-corrected chi connectivity index (χ1v) is 6.89. The van der Waals surface area contributed by atoms with Crippen molar-refractivity contribution in [3.63, 3.8) is 0 Å². The number of carbonyl (C=O) groups excluding carboxylic acids is 1. The van der Waals surface area contributed by atoms with Crippen molar-refractivity contribution in [3.8, 4) is 0 Å². The third kappa shape index (κ3) is 2.22. The Hall–Kier alpha value is -1.13. The fourth-order valence-electron chi connectivity index (χ4n) is 3.24. The van der Waals surface area contributed by atoms with Crippen LogP contribution >= 0.6 is 0 Å². The Balaban J connectivity index is 1.64. The number of hydrogen-bond acceptors (Lipinski definition) is 3. The van der Waals surface area contributed by atoms with E-state index in [2.05, 4.69) is 21.7 Å². The fourth-order valence-corrected chi connectivity index (χ4v) is 3.24. The number of H-pyrrole nitrogens is 1. The van der Waals surface area contributed by atoms with Crippen molar-refractivity contribution in [1.82, 2.24) is 14.8 Å². The predicted octanol–water partition coefficient (Wildman–Crippen LogP) is 1.37. The van der Waals surface area contributed by atoms with Crippen LogP contribution in [0.15, 0.2) is 18.3 Å². The first kappa shape index (κ1) is 11.9. The molecule has 2 aliphatic heterocycles. The van der Waals surface area contributed by atoms with Crippen molar-refractivity contribution in [2.45, 2.75) is 31.8 Å². The van der Waals surface area contributed by atoms with Crippen molar-refractivity contribution in [2.75, 3.05) is 26.2 Å². The molecule has 0 spiro atoms. The number of fused-ring (bicyclic) bond motifs is 1. The zero-order valence-corrected chi connectivity index (χ0v) is 10.9. The van der Waals surface area contributed by atoms with Crippen molar-refractivity contribution < 1.29 is 4.79 Å². The molecule has 0 radical (unpaired) electrons. The Morgan fingerprint density at radius 3 is 3.17 bits per heavy atom. The first-order chi connectivity index (χ1) is 8.74. The average Bonchev–Trinajstić information content (AvgIpc) is 2.98. The van der Waals surface area contributed by atoms with Gasteiger partial charge < -0.3 is 4.98 Å². The molecule has 1 aromatic rings. The molecule has 1 N–H and O–H groups in total. The largest absolute Gasteiger partial charge is 0.359 e. The summed E-state index contributed by atoms with van der Waals surface area (Å²) in [6.45, 7) is 6.19. The molecule has 0 amide bonds. The average molecular weight is 247 g/mol. The van der Waals surface area contributed by atoms with Crippen molar-refractivity contribution in [2.24, 2.45) is 0 Å². The van der Waals surface area contributed by atoms with Gasteiger partial charge in [0.1, 0.15) is 0 Å². The summed E-state index contributed by atoms with van der Waals surface area (Å²) in [6, 6.07) is 4.90. The summed E-state index contributed by atoms with van der Waals surface area (Å²) < 4.78 is 0. The van der Waals surface area contributed by atoms with Crippen molar-refractivity contribution in [1.29, 1.82) is 0 Å². The van der Waals surface area contributed by atoms with Gasteiger partial charge in [-0.2, -0.15) is 0 Å². The predicted molar refractivity (Wildman–Crippen MR) is 70.8 cm³/mol. The minimum absolute atomic E-state index is 0.207. The maximum atomic E-state index is 12.1. The molecule has 2 atom stereocenters. The standard InChI is InChI=1S/C14H21N3O/c1-11-8-16-7-3-4-12(16)9-17(11)10-14(18)13-5-2-6-15-13/h2,5-6,11-12,15H,3-4,7-10H2,1H3. The summed E-state index contributed by atoms with van der Waals surface area (Å²) in [6.07, 6.45) is 4.42. The smallest absolute Gasteiger partial charge is 0.192 e. The molecule has 1 aromatic heterocycles. The number of Topliss-reactive ketones (excluding diaryl/α,β-unsaturated/α-hetero) is 1. The number of nitrogens with one attached hydrogen (secondary N) is 1. The van der Waals surface area contributed by atoms with Gasteiger partial charge in [0.25, 0.3) is 0 Å². The molecule has 0 bridgehead atoms. The van der Waals surface area contributed by atoms with Crippen LogP contribution in [0, 0.1) is 0 Å². The minimum atomic E-state index is 0.207. The van der Waals surface area contributed by atoms with Gasteiger partial charge >= 0.3 is 0 Å². The molecule has 4 nitrogen and oxygen atoms in total. The van der Waals surface area contributed by atoms with Gasteiger partial charge in [-0.15, -0.1) is 0 Å². The molecule has 18 heavy (non-hydrogen) atoms. The Labute approximate surface area is 108 Å². The van der Waals surface area contributed by atoms with Crippen LogP contribution in [-0.4, -0.2) is 58.8 Å². The van der Waals surface area contributed by atoms with Gasteiger partial charge in [0.05, 0.1) is 12.2 Å². The quantitative estimate of drug-likeness (QED) is 0.820. The van der Waals surface area contributed by atoms with E-state index in [-0.39, 0.29) is 5.78 Å². The number of nitrogens with zero attached hydrogens (tertiary/aromatic N) is 2. The number of aromatic amines is 1. The molecule has 2 aliphatic rings. The number of ketones is 1. The summed E-state index contributed by atoms with van der Waals surface area (Å²) in [4.78, 5) is 20.1. The van der Waals surface area contributed by atoms with E-state index in [4.69, 9.17) is 0 Å². The van der Waals surface area contributed by atoms with E-state index in [1.165, 1.54) is 19.4 Å². The topological polar surface area (TPSA) is 39.3 Å². The van der Waals surface area contributed by atoms with Gasteiger partial charge in [-0.05, 0) is 38.4 Å². The molecule has 2 fully saturated rings. The van der Waals surface area contributed by atoms with Crippen LogP contribution in [0.5, 0.6) is 0 Å². The maximum absolute atomic E-state index is 12.1. The molecule has 98 valence electrons. The van der Waals surface area contributed by atoms with Gasteiger partial charge in [-0.25, -0.2) is 0 Å². The maximum Gasteiger partial charge on any atom is 0.192 e. The van der Waals surface area contributed by atoms with E-state index in [0.717, 1.165) is 18.8 Å². The third-order valence-corrected chi connectivity index (χ3v) is 4.31. The third-order valence-electron chi connectivity index (χ3n) is 4.31. The monoisotopic (exact) mass is 247 g/mol. The summed E-state index contributed by atoms with van der Waals surface area (Å²) in [5.41, 5.74) is 0.732. The molecule has 0 aliphatic carbocycles. The van der Waals surface area contributed by atoms with Crippen LogP contribution in [0.3, 0.4) is 0 Å². The number of aromatic nitrogens is 1. The number of rotatable bonds is 3. The zero-order chi connectivity index (χ0) is 12.5. The van der Waals surface area contributed by atoms with Crippen LogP contribution in [0.4, 0.5) is 0 Å². The van der Waals surface area contributed by atoms with E-state index < -0.39 is 0 Å². The Morgan fingerprint density at radius 1 is 1.50 bits per heavy atom. The normalized spacial score (nSPS) is 29.4. The van der Waals surface area contributed by atoms with Crippen molar-refractivity contribution >= 4 is 5.78 Å². The second-order valence-electron chi connectivity index (χ2n) is 5.58. The molecule has 3 rings (SSSR count). The SMILES string of the molecule is CC1CN2CCCC2CN1CC(=O)c1ccc[nH]1. The molecule has 2 unspecified atom stereocenters. The lowest BCUT2D eigenvalue weighted by Gasteiger charge is -2.41. The number of piperazine rings is 1. The summed E-state index contributed by atoms with van der Waals surface area (Å²) in [7, 11) is 0. The summed E-state index contributed by atoms with van der Waals surface area (Å²) in [5.74, 6) is 0.207. The molecule has 4 heteroatoms. The molecule has 0 aromatic carbocycles. The summed E-state index contributed by atoms with van der Waals surface area (Å²) >= 11 is 0. The highest BCUT2D eigenvalue weighted by Crippen LogP contribution is 2.24. The minimum Gasteiger partial charge on any atom is -0.359 e. The van der Waals surface area contributed by atoms with Crippen LogP contribution in [-0.2, 0) is 0 Å². The van der Waals surface area contributed by atoms with Crippen molar-refractivity contribution in [3.05, 3.63) is 24.0 Å². The lowest BCUT2D eigenvalue weighted by atomic mass is 10.1. The Morgan fingerprint density at radius 2 is 2.39 bits per heavy atom. The second kappa shape index (κ2) is 4.86. The van der Waals surface area contributed by atoms with E-state index in [1.807, 2.05) is 18.3 Å². The zero-order valence-electron chi connectivity index (χ0n) is 10.9. The van der Waals surface area contributed by atoms with Crippen LogP contribution in [0.1, 0.15) is 30.3 Å². The lowest BCUT2D eigenvalue weighted by molar-refractivity contribution is 0.0533. The molecular weight excluding hydrogens is 226 g/mol. The molecule has 0 saturated carbocycles. The van der Waals surface area contributed by atoms with Gasteiger partial charge in [-0.1, -0.05) is 0 Å². The molecule has 2 saturated heterocycles. The van der Waals surface area contributed by atoms with Gasteiger partial charge in [0.2, 0.25) is 0 Å². The highest BCUT2D eigenvalue weighted by molar-refractivity contribution is 5.95. The van der Waals surface area contributed by atoms with E-state index in [0.29, 0.717) is 18.6 Å². The number of hydrogen-bond donors (Lipinski definition) is 1. The molecule has 3 heterocycles. The molecular formula is C14H21N3O. The highest BCUT2D eigenvalue weighted by Gasteiger charge is 2.34. The van der Waals surface area contributed by atoms with E-state index in [9.17, 15) is 4.79 Å². The first-order valence-electron chi connectivity index (χ1n) is 6.89. The van der Waals surface area contributed by atoms with Crippen LogP contribution in [0.25, 0.3) is 0 Å². The van der Waals surface area contributed by atoms with Gasteiger partial charge in [-0.3, -0.25) is 14.6 Å². The van der Waals surface area contributed by atoms with Gasteiger partial charge in [0.15, 0.2) is 5.78 Å². The lowest BCUT2D eigenvalue weighted by Crippen LogP contribution is -2.55. The highest BCUT2D eigenvalue weighted by atomic mass is 16.1.